The van der Waals surface area contributed by atoms with E-state index < -0.39 is 0 Å². The van der Waals surface area contributed by atoms with Gasteiger partial charge in [-0.15, -0.1) is 0 Å². The Balaban J connectivity index is 2.02. The summed E-state index contributed by atoms with van der Waals surface area (Å²) in [4.78, 5) is 5.14. The standard InChI is InChI=1S/C15H31N3/c1-12-9-15(2,3)6-5-14(12)18-8-7-17(4)11-13(18)10-16/h12-14H,5-11,16H2,1-4H3. The minimum absolute atomic E-state index is 0.542. The van der Waals surface area contributed by atoms with Crippen molar-refractivity contribution in [3.63, 3.8) is 0 Å². The van der Waals surface area contributed by atoms with Crippen molar-refractivity contribution < 1.29 is 0 Å². The highest BCUT2D eigenvalue weighted by atomic mass is 15.3. The summed E-state index contributed by atoms with van der Waals surface area (Å²) in [5.74, 6) is 0.811. The van der Waals surface area contributed by atoms with Crippen LogP contribution in [0.1, 0.15) is 40.0 Å². The maximum Gasteiger partial charge on any atom is 0.0349 e. The molecule has 2 rings (SSSR count). The van der Waals surface area contributed by atoms with Crippen LogP contribution in [0.15, 0.2) is 0 Å². The quantitative estimate of drug-likeness (QED) is 0.814. The third kappa shape index (κ3) is 3.06. The van der Waals surface area contributed by atoms with E-state index >= 15 is 0 Å². The number of hydrogen-bond acceptors (Lipinski definition) is 3. The monoisotopic (exact) mass is 253 g/mol. The SMILES string of the molecule is CC1CC(C)(C)CCC1N1CCN(C)CC1CN. The van der Waals surface area contributed by atoms with E-state index in [9.17, 15) is 0 Å². The predicted octanol–water partition coefficient (Wildman–Crippen LogP) is 1.78. The molecule has 0 amide bonds. The average Bonchev–Trinajstić information content (AvgIpc) is 2.29. The second-order valence-corrected chi connectivity index (χ2v) is 7.34. The van der Waals surface area contributed by atoms with Gasteiger partial charge in [0.15, 0.2) is 0 Å². The molecule has 0 aromatic carbocycles. The Morgan fingerprint density at radius 1 is 1.28 bits per heavy atom. The first kappa shape index (κ1) is 14.3. The molecule has 3 nitrogen and oxygen atoms in total. The van der Waals surface area contributed by atoms with Crippen molar-refractivity contribution in [2.24, 2.45) is 17.1 Å². The lowest BCUT2D eigenvalue weighted by Crippen LogP contribution is -2.60. The van der Waals surface area contributed by atoms with Crippen LogP contribution in [0, 0.1) is 11.3 Å². The first-order valence-electron chi connectivity index (χ1n) is 7.57. The van der Waals surface area contributed by atoms with Crippen molar-refractivity contribution in [2.45, 2.75) is 52.1 Å². The maximum absolute atomic E-state index is 5.99. The van der Waals surface area contributed by atoms with Crippen molar-refractivity contribution in [3.05, 3.63) is 0 Å². The van der Waals surface area contributed by atoms with Gasteiger partial charge in [-0.2, -0.15) is 0 Å². The first-order valence-corrected chi connectivity index (χ1v) is 7.57. The molecular weight excluding hydrogens is 222 g/mol. The Kier molecular flexibility index (Phi) is 4.35. The van der Waals surface area contributed by atoms with Gasteiger partial charge >= 0.3 is 0 Å². The number of hydrogen-bond donors (Lipinski definition) is 1. The molecule has 0 aromatic rings. The van der Waals surface area contributed by atoms with Crippen LogP contribution < -0.4 is 5.73 Å². The summed E-state index contributed by atoms with van der Waals surface area (Å²) in [5, 5.41) is 0. The fourth-order valence-electron chi connectivity index (χ4n) is 4.10. The Hall–Kier alpha value is -0.120. The van der Waals surface area contributed by atoms with Crippen LogP contribution in [-0.2, 0) is 0 Å². The Bertz CT molecular complexity index is 277. The molecule has 1 aliphatic carbocycles. The Labute approximate surface area is 113 Å². The van der Waals surface area contributed by atoms with E-state index in [2.05, 4.69) is 37.6 Å². The summed E-state index contributed by atoms with van der Waals surface area (Å²) in [6, 6.07) is 1.33. The third-order valence-corrected chi connectivity index (χ3v) is 5.08. The molecule has 0 aromatic heterocycles. The molecule has 2 fully saturated rings. The lowest BCUT2D eigenvalue weighted by atomic mass is 9.70. The number of likely N-dealkylation sites (N-methyl/N-ethyl adjacent to an activating group) is 1. The molecule has 1 heterocycles. The number of piperazine rings is 1. The zero-order chi connectivity index (χ0) is 13.3. The number of nitrogens with zero attached hydrogens (tertiary/aromatic N) is 2. The molecule has 1 aliphatic heterocycles. The molecule has 1 saturated carbocycles. The van der Waals surface area contributed by atoms with E-state index in [4.69, 9.17) is 5.73 Å². The van der Waals surface area contributed by atoms with Crippen molar-refractivity contribution in [3.8, 4) is 0 Å². The molecule has 1 saturated heterocycles. The normalized spacial score (nSPS) is 38.8. The molecule has 0 radical (unpaired) electrons. The van der Waals surface area contributed by atoms with Crippen LogP contribution in [-0.4, -0.2) is 55.1 Å². The summed E-state index contributed by atoms with van der Waals surface area (Å²) < 4.78 is 0. The van der Waals surface area contributed by atoms with Gasteiger partial charge in [-0.25, -0.2) is 0 Å². The van der Waals surface area contributed by atoms with Gasteiger partial charge in [0.2, 0.25) is 0 Å². The zero-order valence-corrected chi connectivity index (χ0v) is 12.7. The van der Waals surface area contributed by atoms with Crippen LogP contribution >= 0.6 is 0 Å². The van der Waals surface area contributed by atoms with Gasteiger partial charge in [-0.1, -0.05) is 20.8 Å². The summed E-state index contributed by atoms with van der Waals surface area (Å²) in [6.07, 6.45) is 4.08. The maximum atomic E-state index is 5.99. The second kappa shape index (κ2) is 5.48. The molecule has 18 heavy (non-hydrogen) atoms. The van der Waals surface area contributed by atoms with E-state index in [1.165, 1.54) is 32.4 Å². The fraction of sp³-hybridized carbons (Fsp3) is 1.00. The molecule has 2 aliphatic rings. The van der Waals surface area contributed by atoms with Crippen molar-refractivity contribution in [1.82, 2.24) is 9.80 Å². The molecule has 3 unspecified atom stereocenters. The van der Waals surface area contributed by atoms with E-state index in [-0.39, 0.29) is 0 Å². The van der Waals surface area contributed by atoms with Crippen LogP contribution in [0.5, 0.6) is 0 Å². The lowest BCUT2D eigenvalue weighted by molar-refractivity contribution is -0.00277. The van der Waals surface area contributed by atoms with Gasteiger partial charge in [0.25, 0.3) is 0 Å². The zero-order valence-electron chi connectivity index (χ0n) is 12.7. The number of nitrogens with two attached hydrogens (primary N) is 1. The second-order valence-electron chi connectivity index (χ2n) is 7.34. The molecular formula is C15H31N3. The summed E-state index contributed by atoms with van der Waals surface area (Å²) in [7, 11) is 2.22. The smallest absolute Gasteiger partial charge is 0.0349 e. The van der Waals surface area contributed by atoms with E-state index in [1.807, 2.05) is 0 Å². The molecule has 106 valence electrons. The highest BCUT2D eigenvalue weighted by molar-refractivity contribution is 4.93. The van der Waals surface area contributed by atoms with Gasteiger partial charge in [-0.3, -0.25) is 4.90 Å². The average molecular weight is 253 g/mol. The highest BCUT2D eigenvalue weighted by Crippen LogP contribution is 2.41. The minimum Gasteiger partial charge on any atom is -0.329 e. The van der Waals surface area contributed by atoms with Gasteiger partial charge < -0.3 is 10.6 Å². The van der Waals surface area contributed by atoms with Crippen LogP contribution in [0.4, 0.5) is 0 Å². The van der Waals surface area contributed by atoms with E-state index in [0.717, 1.165) is 25.0 Å². The first-order chi connectivity index (χ1) is 8.43. The van der Waals surface area contributed by atoms with Gasteiger partial charge in [0.1, 0.15) is 0 Å². The van der Waals surface area contributed by atoms with Crippen LogP contribution in [0.3, 0.4) is 0 Å². The van der Waals surface area contributed by atoms with Gasteiger partial charge in [0, 0.05) is 38.3 Å². The topological polar surface area (TPSA) is 32.5 Å². The summed E-state index contributed by atoms with van der Waals surface area (Å²) in [5.41, 5.74) is 6.54. The molecule has 0 bridgehead atoms. The Morgan fingerprint density at radius 3 is 2.61 bits per heavy atom. The minimum atomic E-state index is 0.542. The summed E-state index contributed by atoms with van der Waals surface area (Å²) in [6.45, 7) is 11.6. The van der Waals surface area contributed by atoms with E-state index in [0.29, 0.717) is 11.5 Å². The molecule has 2 N–H and O–H groups in total. The van der Waals surface area contributed by atoms with Crippen LogP contribution in [0.25, 0.3) is 0 Å². The van der Waals surface area contributed by atoms with Crippen molar-refractivity contribution in [1.29, 1.82) is 0 Å². The summed E-state index contributed by atoms with van der Waals surface area (Å²) >= 11 is 0. The van der Waals surface area contributed by atoms with Gasteiger partial charge in [0.05, 0.1) is 0 Å². The fourth-order valence-corrected chi connectivity index (χ4v) is 4.10. The van der Waals surface area contributed by atoms with Gasteiger partial charge in [-0.05, 0) is 37.6 Å². The third-order valence-electron chi connectivity index (χ3n) is 5.08. The number of rotatable bonds is 2. The highest BCUT2D eigenvalue weighted by Gasteiger charge is 2.38. The Morgan fingerprint density at radius 2 is 2.00 bits per heavy atom. The molecule has 0 spiro atoms. The van der Waals surface area contributed by atoms with Crippen LogP contribution in [0.2, 0.25) is 0 Å². The largest absolute Gasteiger partial charge is 0.329 e. The molecule has 3 atom stereocenters. The van der Waals surface area contributed by atoms with Crippen molar-refractivity contribution >= 4 is 0 Å². The predicted molar refractivity (Wildman–Crippen MR) is 77.6 cm³/mol. The molecule has 3 heteroatoms. The van der Waals surface area contributed by atoms with E-state index in [1.54, 1.807) is 0 Å². The lowest BCUT2D eigenvalue weighted by Gasteiger charge is -2.50. The van der Waals surface area contributed by atoms with Crippen molar-refractivity contribution in [2.75, 3.05) is 33.2 Å².